The molecule has 0 saturated carbocycles. The van der Waals surface area contributed by atoms with Gasteiger partial charge in [-0.3, -0.25) is 0 Å². The molecule has 0 fully saturated rings. The summed E-state index contributed by atoms with van der Waals surface area (Å²) in [5.41, 5.74) is 9.67. The summed E-state index contributed by atoms with van der Waals surface area (Å²) in [4.78, 5) is 0. The molecular formula is C35H37. The third kappa shape index (κ3) is 5.33. The molecule has 177 valence electrons. The van der Waals surface area contributed by atoms with Crippen molar-refractivity contribution in [1.82, 2.24) is 0 Å². The van der Waals surface area contributed by atoms with Crippen LogP contribution in [0, 0.1) is 20.3 Å². The number of benzene rings is 4. The highest BCUT2D eigenvalue weighted by molar-refractivity contribution is 5.99. The van der Waals surface area contributed by atoms with Crippen molar-refractivity contribution >= 4 is 39.3 Å². The van der Waals surface area contributed by atoms with E-state index in [1.807, 2.05) is 13.8 Å². The summed E-state index contributed by atoms with van der Waals surface area (Å²) in [6.07, 6.45) is 10.1. The predicted octanol–water partition coefficient (Wildman–Crippen LogP) is 8.40. The van der Waals surface area contributed by atoms with Crippen LogP contribution in [0.4, 0.5) is 0 Å². The summed E-state index contributed by atoms with van der Waals surface area (Å²) < 4.78 is 0. The molecule has 0 aliphatic heterocycles. The Balaban J connectivity index is 0.000000155. The molecule has 35 heavy (non-hydrogen) atoms. The van der Waals surface area contributed by atoms with Gasteiger partial charge < -0.3 is 0 Å². The number of hydrogen-bond donors (Lipinski definition) is 0. The number of aryl methyl sites for hydroxylation is 2. The summed E-state index contributed by atoms with van der Waals surface area (Å²) >= 11 is 0. The fourth-order valence-electron chi connectivity index (χ4n) is 5.05. The molecule has 0 nitrogen and oxygen atoms in total. The molecule has 0 aromatic heterocycles. The molecule has 0 saturated heterocycles. The monoisotopic (exact) mass is 457 g/mol. The highest BCUT2D eigenvalue weighted by atomic mass is 14.1. The third-order valence-electron chi connectivity index (χ3n) is 6.79. The summed E-state index contributed by atoms with van der Waals surface area (Å²) in [6, 6.07) is 22.4. The Morgan fingerprint density at radius 1 is 0.686 bits per heavy atom. The second kappa shape index (κ2) is 10.5. The molecule has 0 N–H and O–H groups in total. The molecule has 0 unspecified atom stereocenters. The van der Waals surface area contributed by atoms with Gasteiger partial charge in [-0.1, -0.05) is 96.8 Å². The van der Waals surface area contributed by atoms with Crippen molar-refractivity contribution in [1.29, 1.82) is 0 Å². The van der Waals surface area contributed by atoms with Crippen molar-refractivity contribution in [2.45, 2.75) is 54.9 Å². The van der Waals surface area contributed by atoms with Crippen LogP contribution in [0.3, 0.4) is 0 Å². The summed E-state index contributed by atoms with van der Waals surface area (Å²) in [7, 11) is 0. The van der Waals surface area contributed by atoms with E-state index in [1.54, 1.807) is 0 Å². The fourth-order valence-corrected chi connectivity index (χ4v) is 5.05. The van der Waals surface area contributed by atoms with Crippen LogP contribution in [0.25, 0.3) is 39.3 Å². The number of rotatable bonds is 0. The second-order valence-electron chi connectivity index (χ2n) is 9.71. The Kier molecular flexibility index (Phi) is 7.41. The van der Waals surface area contributed by atoms with E-state index in [1.165, 1.54) is 71.0 Å². The molecule has 0 spiro atoms. The molecular weight excluding hydrogens is 420 g/mol. The quantitative estimate of drug-likeness (QED) is 0.233. The Morgan fingerprint density at radius 3 is 2.29 bits per heavy atom. The maximum atomic E-state index is 2.37. The lowest BCUT2D eigenvalue weighted by Gasteiger charge is -2.15. The van der Waals surface area contributed by atoms with E-state index in [4.69, 9.17) is 0 Å². The van der Waals surface area contributed by atoms with Gasteiger partial charge in [-0.15, -0.1) is 0 Å². The zero-order valence-electron chi connectivity index (χ0n) is 22.3. The van der Waals surface area contributed by atoms with E-state index < -0.39 is 0 Å². The lowest BCUT2D eigenvalue weighted by atomic mass is 9.90. The molecule has 0 heteroatoms. The highest BCUT2D eigenvalue weighted by Crippen LogP contribution is 2.25. The first-order valence-corrected chi connectivity index (χ1v) is 12.8. The Morgan fingerprint density at radius 2 is 1.49 bits per heavy atom. The minimum atomic E-state index is 1.09. The molecule has 1 radical (unpaired) electrons. The molecule has 0 amide bonds. The number of hydrogen-bond acceptors (Lipinski definition) is 0. The van der Waals surface area contributed by atoms with Gasteiger partial charge in [0, 0.05) is 6.42 Å². The average Bonchev–Trinajstić information content (AvgIpc) is 2.84. The van der Waals surface area contributed by atoms with Gasteiger partial charge in [-0.05, 0) is 108 Å². The number of allylic oxidation sites excluding steroid dienone is 3. The summed E-state index contributed by atoms with van der Waals surface area (Å²) in [5.74, 6) is 0. The fraction of sp³-hybridized carbons (Fsp3) is 0.229. The Hall–Kier alpha value is -3.38. The topological polar surface area (TPSA) is 0 Å². The minimum absolute atomic E-state index is 1.09. The van der Waals surface area contributed by atoms with Crippen LogP contribution in [0.1, 0.15) is 56.9 Å². The SMILES string of the molecule is CC.CC1=Cc2cc3c(cc2=C(C)[CH]1)CC(C)=CC=3.Cc1ccc2cc3cccc(C)c3cc2c1. The van der Waals surface area contributed by atoms with Crippen molar-refractivity contribution in [3.05, 3.63) is 117 Å². The van der Waals surface area contributed by atoms with E-state index in [0.717, 1.165) is 6.42 Å². The standard InChI is InChI=1S/C17H17.C16H14.C2H6/c1-11-4-5-14-9-16-8-12(2)6-13(3)17(16)10-15(14)7-11;1-11-6-7-13-9-14-5-3-4-12(2)16(14)10-15(13)8-11;1-2/h4-6,8-10H,7H2,1-3H3;3-10H,1-2H3;1-2H3. The van der Waals surface area contributed by atoms with Crippen LogP contribution in [0.2, 0.25) is 0 Å². The first kappa shape index (κ1) is 24.7. The van der Waals surface area contributed by atoms with Crippen LogP contribution in [0.15, 0.2) is 77.9 Å². The first-order valence-electron chi connectivity index (χ1n) is 12.8. The zero-order valence-corrected chi connectivity index (χ0v) is 22.3. The van der Waals surface area contributed by atoms with Crippen LogP contribution in [-0.2, 0) is 6.42 Å². The van der Waals surface area contributed by atoms with Gasteiger partial charge >= 0.3 is 0 Å². The van der Waals surface area contributed by atoms with Gasteiger partial charge in [0.25, 0.3) is 0 Å². The average molecular weight is 458 g/mol. The van der Waals surface area contributed by atoms with Crippen LogP contribution in [-0.4, -0.2) is 0 Å². The first-order chi connectivity index (χ1) is 16.9. The van der Waals surface area contributed by atoms with Crippen molar-refractivity contribution in [3.8, 4) is 0 Å². The van der Waals surface area contributed by atoms with Gasteiger partial charge in [0.05, 0.1) is 0 Å². The molecule has 2 aliphatic carbocycles. The van der Waals surface area contributed by atoms with E-state index in [-0.39, 0.29) is 0 Å². The molecule has 4 aromatic carbocycles. The molecule has 6 rings (SSSR count). The summed E-state index contributed by atoms with van der Waals surface area (Å²) in [5, 5.41) is 8.13. The largest absolute Gasteiger partial charge is 0.0689 e. The lowest BCUT2D eigenvalue weighted by Crippen LogP contribution is -2.23. The van der Waals surface area contributed by atoms with E-state index in [9.17, 15) is 0 Å². The predicted molar refractivity (Wildman–Crippen MR) is 157 cm³/mol. The maximum Gasteiger partial charge on any atom is 0.0117 e. The molecule has 0 bridgehead atoms. The van der Waals surface area contributed by atoms with E-state index in [0.29, 0.717) is 0 Å². The smallest absolute Gasteiger partial charge is 0.0117 e. The van der Waals surface area contributed by atoms with E-state index in [2.05, 4.69) is 120 Å². The van der Waals surface area contributed by atoms with Crippen LogP contribution >= 0.6 is 0 Å². The van der Waals surface area contributed by atoms with Crippen molar-refractivity contribution in [2.75, 3.05) is 0 Å². The van der Waals surface area contributed by atoms with Gasteiger partial charge in [-0.25, -0.2) is 0 Å². The normalized spacial score (nSPS) is 13.9. The van der Waals surface area contributed by atoms with Gasteiger partial charge in [0.15, 0.2) is 0 Å². The Labute approximate surface area is 211 Å². The van der Waals surface area contributed by atoms with Crippen molar-refractivity contribution in [2.24, 2.45) is 0 Å². The highest BCUT2D eigenvalue weighted by Gasteiger charge is 2.10. The van der Waals surface area contributed by atoms with Gasteiger partial charge in [-0.2, -0.15) is 0 Å². The van der Waals surface area contributed by atoms with E-state index >= 15 is 0 Å². The molecule has 0 heterocycles. The minimum Gasteiger partial charge on any atom is -0.0689 e. The van der Waals surface area contributed by atoms with Crippen molar-refractivity contribution in [3.63, 3.8) is 0 Å². The molecule has 0 atom stereocenters. The lowest BCUT2D eigenvalue weighted by molar-refractivity contribution is 1.11. The van der Waals surface area contributed by atoms with Gasteiger partial charge in [0.2, 0.25) is 0 Å². The maximum absolute atomic E-state index is 2.37. The number of fused-ring (bicyclic) bond motifs is 4. The molecule has 2 aliphatic rings. The van der Waals surface area contributed by atoms with Crippen LogP contribution < -0.4 is 10.4 Å². The van der Waals surface area contributed by atoms with Crippen LogP contribution in [0.5, 0.6) is 0 Å². The zero-order chi connectivity index (χ0) is 25.1. The third-order valence-corrected chi connectivity index (χ3v) is 6.79. The Bertz CT molecular complexity index is 1590. The van der Waals surface area contributed by atoms with Crippen molar-refractivity contribution < 1.29 is 0 Å². The summed E-state index contributed by atoms with van der Waals surface area (Å²) in [6.45, 7) is 14.9. The second-order valence-corrected chi connectivity index (χ2v) is 9.71. The van der Waals surface area contributed by atoms with Gasteiger partial charge in [0.1, 0.15) is 0 Å². The molecule has 4 aromatic rings.